The van der Waals surface area contributed by atoms with Gasteiger partial charge in [-0.1, -0.05) is 13.8 Å². The Kier molecular flexibility index (Phi) is 3.65. The van der Waals surface area contributed by atoms with Crippen molar-refractivity contribution in [1.82, 2.24) is 4.98 Å². The molecule has 1 aliphatic carbocycles. The highest BCUT2D eigenvalue weighted by Gasteiger charge is 2.34. The van der Waals surface area contributed by atoms with Crippen LogP contribution < -0.4 is 5.73 Å². The highest BCUT2D eigenvalue weighted by atomic mass is 32.1. The van der Waals surface area contributed by atoms with Gasteiger partial charge in [0.1, 0.15) is 0 Å². The van der Waals surface area contributed by atoms with E-state index in [0.29, 0.717) is 11.3 Å². The van der Waals surface area contributed by atoms with Crippen molar-refractivity contribution in [3.05, 3.63) is 16.6 Å². The summed E-state index contributed by atoms with van der Waals surface area (Å²) < 4.78 is 0. The van der Waals surface area contributed by atoms with E-state index in [4.69, 9.17) is 5.73 Å². The lowest BCUT2D eigenvalue weighted by Crippen LogP contribution is -2.35. The fourth-order valence-corrected chi connectivity index (χ4v) is 3.63. The van der Waals surface area contributed by atoms with E-state index in [1.807, 2.05) is 6.20 Å². The Morgan fingerprint density at radius 2 is 2.31 bits per heavy atom. The summed E-state index contributed by atoms with van der Waals surface area (Å²) in [5.41, 5.74) is 6.39. The Balaban J connectivity index is 2.03. The molecule has 2 nitrogen and oxygen atoms in total. The second-order valence-corrected chi connectivity index (χ2v) is 6.77. The van der Waals surface area contributed by atoms with Crippen LogP contribution in [0.4, 0.5) is 0 Å². The molecule has 0 radical (unpaired) electrons. The third kappa shape index (κ3) is 2.83. The van der Waals surface area contributed by atoms with Gasteiger partial charge in [-0.15, -0.1) is 11.3 Å². The number of rotatable bonds is 3. The first-order valence-electron chi connectivity index (χ1n) is 6.19. The first kappa shape index (κ1) is 12.1. The van der Waals surface area contributed by atoms with Crippen molar-refractivity contribution in [2.75, 3.05) is 6.54 Å². The minimum absolute atomic E-state index is 0.494. The number of nitrogens with zero attached hydrogens (tertiary/aromatic N) is 1. The molecule has 0 amide bonds. The third-order valence-corrected chi connectivity index (χ3v) is 4.70. The molecule has 0 spiro atoms. The number of thiazole rings is 1. The summed E-state index contributed by atoms with van der Waals surface area (Å²) in [6.45, 7) is 5.61. The maximum atomic E-state index is 5.89. The third-order valence-electron chi connectivity index (χ3n) is 3.90. The van der Waals surface area contributed by atoms with E-state index < -0.39 is 0 Å². The van der Waals surface area contributed by atoms with Gasteiger partial charge in [0, 0.05) is 18.0 Å². The van der Waals surface area contributed by atoms with E-state index in [-0.39, 0.29) is 0 Å². The molecule has 1 saturated carbocycles. The minimum atomic E-state index is 0.494. The predicted molar refractivity (Wildman–Crippen MR) is 69.5 cm³/mol. The van der Waals surface area contributed by atoms with Gasteiger partial charge in [-0.25, -0.2) is 4.98 Å². The average molecular weight is 238 g/mol. The molecule has 1 aromatic rings. The molecule has 0 aliphatic heterocycles. The number of hydrogen-bond acceptors (Lipinski definition) is 3. The maximum Gasteiger partial charge on any atom is 0.0927 e. The van der Waals surface area contributed by atoms with Crippen LogP contribution in [-0.4, -0.2) is 11.5 Å². The van der Waals surface area contributed by atoms with Crippen LogP contribution in [0.1, 0.15) is 38.1 Å². The second kappa shape index (κ2) is 4.84. The van der Waals surface area contributed by atoms with Gasteiger partial charge in [0.15, 0.2) is 0 Å². The van der Waals surface area contributed by atoms with Crippen molar-refractivity contribution in [3.63, 3.8) is 0 Å². The molecule has 0 bridgehead atoms. The zero-order valence-corrected chi connectivity index (χ0v) is 11.1. The van der Waals surface area contributed by atoms with Crippen molar-refractivity contribution in [1.29, 1.82) is 0 Å². The highest BCUT2D eigenvalue weighted by Crippen LogP contribution is 2.42. The average Bonchev–Trinajstić information content (AvgIpc) is 2.70. The molecular weight excluding hydrogens is 216 g/mol. The molecule has 1 heterocycles. The van der Waals surface area contributed by atoms with Crippen LogP contribution in [0.25, 0.3) is 0 Å². The lowest BCUT2D eigenvalue weighted by molar-refractivity contribution is 0.121. The first-order valence-corrected chi connectivity index (χ1v) is 7.07. The zero-order chi connectivity index (χ0) is 11.6. The molecule has 90 valence electrons. The largest absolute Gasteiger partial charge is 0.330 e. The molecule has 2 unspecified atom stereocenters. The van der Waals surface area contributed by atoms with Crippen LogP contribution >= 0.6 is 11.3 Å². The monoisotopic (exact) mass is 238 g/mol. The molecule has 2 rings (SSSR count). The van der Waals surface area contributed by atoms with Gasteiger partial charge >= 0.3 is 0 Å². The minimum Gasteiger partial charge on any atom is -0.330 e. The van der Waals surface area contributed by atoms with E-state index in [2.05, 4.69) is 24.2 Å². The van der Waals surface area contributed by atoms with Crippen LogP contribution in [0.15, 0.2) is 11.6 Å². The van der Waals surface area contributed by atoms with Crippen molar-refractivity contribution in [3.8, 4) is 0 Å². The summed E-state index contributed by atoms with van der Waals surface area (Å²) in [6.07, 6.45) is 6.95. The van der Waals surface area contributed by atoms with Crippen LogP contribution in [-0.2, 0) is 6.42 Å². The van der Waals surface area contributed by atoms with Crippen molar-refractivity contribution < 1.29 is 0 Å². The van der Waals surface area contributed by atoms with E-state index in [1.54, 1.807) is 11.3 Å². The van der Waals surface area contributed by atoms with Crippen LogP contribution in [0.5, 0.6) is 0 Å². The molecular formula is C13H22N2S. The molecule has 0 aromatic carbocycles. The molecule has 0 saturated heterocycles. The Bertz CT molecular complexity index is 319. The van der Waals surface area contributed by atoms with Crippen molar-refractivity contribution >= 4 is 11.3 Å². The van der Waals surface area contributed by atoms with E-state index in [9.17, 15) is 0 Å². The summed E-state index contributed by atoms with van der Waals surface area (Å²) in [7, 11) is 0. The number of hydrogen-bond donors (Lipinski definition) is 1. The SMILES string of the molecule is CC1(C)CCC(CN)C(Cc2nccs2)C1. The van der Waals surface area contributed by atoms with Crippen LogP contribution in [0.3, 0.4) is 0 Å². The molecule has 1 aliphatic rings. The van der Waals surface area contributed by atoms with Crippen molar-refractivity contribution in [2.45, 2.75) is 39.5 Å². The standard InChI is InChI=1S/C13H22N2S/c1-13(2)4-3-10(9-14)11(8-13)7-12-15-5-6-16-12/h5-6,10-11H,3-4,7-9,14H2,1-2H3. The Morgan fingerprint density at radius 3 is 2.94 bits per heavy atom. The fourth-order valence-electron chi connectivity index (χ4n) is 2.92. The molecule has 2 atom stereocenters. The van der Waals surface area contributed by atoms with Crippen molar-refractivity contribution in [2.24, 2.45) is 23.0 Å². The molecule has 1 aromatic heterocycles. The quantitative estimate of drug-likeness (QED) is 0.879. The lowest BCUT2D eigenvalue weighted by Gasteiger charge is -2.40. The molecule has 2 N–H and O–H groups in total. The summed E-state index contributed by atoms with van der Waals surface area (Å²) in [4.78, 5) is 4.40. The predicted octanol–water partition coefficient (Wildman–Crippen LogP) is 3.09. The summed E-state index contributed by atoms with van der Waals surface area (Å²) in [6, 6.07) is 0. The summed E-state index contributed by atoms with van der Waals surface area (Å²) in [5, 5.41) is 3.35. The van der Waals surface area contributed by atoms with Crippen LogP contribution in [0, 0.1) is 17.3 Å². The second-order valence-electron chi connectivity index (χ2n) is 5.79. The molecule has 1 fully saturated rings. The smallest absolute Gasteiger partial charge is 0.0927 e. The van der Waals surface area contributed by atoms with Gasteiger partial charge in [0.05, 0.1) is 5.01 Å². The fraction of sp³-hybridized carbons (Fsp3) is 0.769. The normalized spacial score (nSPS) is 29.2. The Labute approximate surface area is 102 Å². The van der Waals surface area contributed by atoms with E-state index >= 15 is 0 Å². The number of nitrogens with two attached hydrogens (primary N) is 1. The maximum absolute atomic E-state index is 5.89. The topological polar surface area (TPSA) is 38.9 Å². The van der Waals surface area contributed by atoms with Gasteiger partial charge in [-0.2, -0.15) is 0 Å². The number of aromatic nitrogens is 1. The Hall–Kier alpha value is -0.410. The lowest BCUT2D eigenvalue weighted by atomic mass is 9.66. The first-order chi connectivity index (χ1) is 7.61. The molecule has 16 heavy (non-hydrogen) atoms. The van der Waals surface area contributed by atoms with E-state index in [0.717, 1.165) is 18.9 Å². The molecule has 3 heteroatoms. The summed E-state index contributed by atoms with van der Waals surface area (Å²) >= 11 is 1.78. The highest BCUT2D eigenvalue weighted by molar-refractivity contribution is 7.09. The van der Waals surface area contributed by atoms with Gasteiger partial charge < -0.3 is 5.73 Å². The van der Waals surface area contributed by atoms with E-state index in [1.165, 1.54) is 24.3 Å². The van der Waals surface area contributed by atoms with Gasteiger partial charge in [-0.3, -0.25) is 0 Å². The van der Waals surface area contributed by atoms with Gasteiger partial charge in [0.25, 0.3) is 0 Å². The zero-order valence-electron chi connectivity index (χ0n) is 10.3. The van der Waals surface area contributed by atoms with Gasteiger partial charge in [0.2, 0.25) is 0 Å². The van der Waals surface area contributed by atoms with Gasteiger partial charge in [-0.05, 0) is 43.1 Å². The Morgan fingerprint density at radius 1 is 1.50 bits per heavy atom. The summed E-state index contributed by atoms with van der Waals surface area (Å²) in [5.74, 6) is 1.44. The van der Waals surface area contributed by atoms with Crippen LogP contribution in [0.2, 0.25) is 0 Å².